The monoisotopic (exact) mass is 363 g/mol. The average molecular weight is 363 g/mol. The molecule has 1 aromatic carbocycles. The zero-order valence-corrected chi connectivity index (χ0v) is 15.1. The van der Waals surface area contributed by atoms with Crippen molar-refractivity contribution in [3.63, 3.8) is 0 Å². The highest BCUT2D eigenvalue weighted by Crippen LogP contribution is 2.42. The van der Waals surface area contributed by atoms with Gasteiger partial charge in [-0.05, 0) is 31.9 Å². The predicted molar refractivity (Wildman–Crippen MR) is 96.4 cm³/mol. The van der Waals surface area contributed by atoms with E-state index in [2.05, 4.69) is 0 Å². The lowest BCUT2D eigenvalue weighted by molar-refractivity contribution is -0.149. The first-order valence-electron chi connectivity index (χ1n) is 8.69. The number of rotatable bonds is 4. The maximum Gasteiger partial charge on any atom is 0.325 e. The van der Waals surface area contributed by atoms with Crippen LogP contribution in [0.4, 0.5) is 4.39 Å². The highest BCUT2D eigenvalue weighted by atomic mass is 32.2. The summed E-state index contributed by atoms with van der Waals surface area (Å²) in [4.78, 5) is 27.0. The second-order valence-corrected chi connectivity index (χ2v) is 7.56. The molecular weight excluding hydrogens is 341 g/mol. The zero-order valence-electron chi connectivity index (χ0n) is 14.2. The van der Waals surface area contributed by atoms with E-state index in [-0.39, 0.29) is 29.6 Å². The fourth-order valence-electron chi connectivity index (χ4n) is 3.44. The molecule has 1 heterocycles. The van der Waals surface area contributed by atoms with Gasteiger partial charge in [0.15, 0.2) is 0 Å². The van der Waals surface area contributed by atoms with Crippen LogP contribution in [-0.4, -0.2) is 41.2 Å². The molecule has 0 bridgehead atoms. The molecule has 2 unspecified atom stereocenters. The number of benzene rings is 1. The van der Waals surface area contributed by atoms with Gasteiger partial charge in [-0.15, -0.1) is 11.8 Å². The van der Waals surface area contributed by atoms with Crippen molar-refractivity contribution in [2.45, 2.75) is 43.9 Å². The van der Waals surface area contributed by atoms with E-state index in [0.717, 1.165) is 25.7 Å². The quantitative estimate of drug-likeness (QED) is 0.606. The third-order valence-corrected chi connectivity index (χ3v) is 6.01. The number of fused-ring (bicyclic) bond motifs is 1. The Labute approximate surface area is 151 Å². The number of carbonyl (C=O) groups excluding carboxylic acids is 2. The minimum absolute atomic E-state index is 0.0387. The van der Waals surface area contributed by atoms with Crippen molar-refractivity contribution < 1.29 is 18.7 Å². The average Bonchev–Trinajstić information content (AvgIpc) is 2.60. The van der Waals surface area contributed by atoms with Gasteiger partial charge in [-0.2, -0.15) is 0 Å². The molecule has 2 atom stereocenters. The molecule has 1 aromatic rings. The van der Waals surface area contributed by atoms with Crippen LogP contribution in [0.2, 0.25) is 0 Å². The van der Waals surface area contributed by atoms with Crippen LogP contribution in [0.1, 0.15) is 38.2 Å². The molecule has 1 aliphatic heterocycles. The van der Waals surface area contributed by atoms with E-state index in [1.165, 1.54) is 17.8 Å². The first kappa shape index (κ1) is 18.0. The number of halogens is 1. The van der Waals surface area contributed by atoms with E-state index < -0.39 is 5.97 Å². The Morgan fingerprint density at radius 1 is 1.36 bits per heavy atom. The summed E-state index contributed by atoms with van der Waals surface area (Å²) >= 11 is 1.52. The largest absolute Gasteiger partial charge is 0.465 e. The van der Waals surface area contributed by atoms with Gasteiger partial charge in [-0.3, -0.25) is 9.59 Å². The maximum absolute atomic E-state index is 14.0. The number of esters is 1. The van der Waals surface area contributed by atoms with E-state index >= 15 is 0 Å². The molecule has 1 amide bonds. The van der Waals surface area contributed by atoms with Crippen LogP contribution in [-0.2, 0) is 14.3 Å². The second kappa shape index (κ2) is 8.04. The van der Waals surface area contributed by atoms with Crippen LogP contribution < -0.4 is 0 Å². The highest BCUT2D eigenvalue weighted by Gasteiger charge is 2.41. The maximum atomic E-state index is 14.0. The van der Waals surface area contributed by atoms with Crippen molar-refractivity contribution in [2.75, 3.05) is 13.2 Å². The van der Waals surface area contributed by atoms with Crippen LogP contribution in [0.25, 0.3) is 6.08 Å². The topological polar surface area (TPSA) is 46.6 Å². The number of hydrogen-bond acceptors (Lipinski definition) is 4. The molecule has 2 fully saturated rings. The van der Waals surface area contributed by atoms with Gasteiger partial charge in [-0.1, -0.05) is 31.0 Å². The Hall–Kier alpha value is -1.82. The molecule has 3 rings (SSSR count). The molecule has 0 spiro atoms. The van der Waals surface area contributed by atoms with Gasteiger partial charge in [0.25, 0.3) is 5.91 Å². The smallest absolute Gasteiger partial charge is 0.325 e. The summed E-state index contributed by atoms with van der Waals surface area (Å²) in [6.45, 7) is 2.00. The van der Waals surface area contributed by atoms with Gasteiger partial charge in [0.05, 0.1) is 11.5 Å². The van der Waals surface area contributed by atoms with E-state index in [1.807, 2.05) is 0 Å². The number of carbonyl (C=O) groups is 2. The number of amides is 1. The molecule has 0 radical (unpaired) electrons. The van der Waals surface area contributed by atoms with Crippen molar-refractivity contribution in [1.29, 1.82) is 0 Å². The molecule has 6 heteroatoms. The van der Waals surface area contributed by atoms with Gasteiger partial charge < -0.3 is 9.64 Å². The van der Waals surface area contributed by atoms with Crippen molar-refractivity contribution in [3.05, 3.63) is 40.6 Å². The Bertz CT molecular complexity index is 691. The van der Waals surface area contributed by atoms with Gasteiger partial charge in [0, 0.05) is 16.9 Å². The van der Waals surface area contributed by atoms with Crippen LogP contribution in [0.15, 0.2) is 29.2 Å². The molecule has 134 valence electrons. The summed E-state index contributed by atoms with van der Waals surface area (Å²) in [5.74, 6) is -0.951. The molecule has 1 saturated carbocycles. The summed E-state index contributed by atoms with van der Waals surface area (Å²) in [5.41, 5.74) is 0.392. The molecule has 1 saturated heterocycles. The Morgan fingerprint density at radius 3 is 2.88 bits per heavy atom. The molecule has 4 nitrogen and oxygen atoms in total. The molecule has 0 N–H and O–H groups in total. The molecular formula is C19H22FNO3S. The van der Waals surface area contributed by atoms with Crippen molar-refractivity contribution >= 4 is 29.7 Å². The van der Waals surface area contributed by atoms with Gasteiger partial charge in [0.2, 0.25) is 0 Å². The SMILES string of the molecule is CCOC(=O)CN1C(=O)/C(=C/c2ccccc2F)SC2CCCCC21. The predicted octanol–water partition coefficient (Wildman–Crippen LogP) is 3.62. The minimum Gasteiger partial charge on any atom is -0.465 e. The highest BCUT2D eigenvalue weighted by molar-refractivity contribution is 8.04. The number of thioether (sulfide) groups is 1. The third-order valence-electron chi connectivity index (χ3n) is 4.61. The normalized spacial score (nSPS) is 25.0. The van der Waals surface area contributed by atoms with E-state index in [1.54, 1.807) is 36.1 Å². The van der Waals surface area contributed by atoms with E-state index in [0.29, 0.717) is 17.1 Å². The molecule has 0 aromatic heterocycles. The summed E-state index contributed by atoms with van der Waals surface area (Å²) in [5, 5.41) is 0.249. The molecule has 25 heavy (non-hydrogen) atoms. The lowest BCUT2D eigenvalue weighted by atomic mass is 9.93. The Morgan fingerprint density at radius 2 is 2.12 bits per heavy atom. The fraction of sp³-hybridized carbons (Fsp3) is 0.474. The first-order valence-corrected chi connectivity index (χ1v) is 9.57. The summed E-state index contributed by atoms with van der Waals surface area (Å²) in [6.07, 6.45) is 5.67. The van der Waals surface area contributed by atoms with Crippen LogP contribution in [0.3, 0.4) is 0 Å². The minimum atomic E-state index is -0.391. The van der Waals surface area contributed by atoms with Gasteiger partial charge in [-0.25, -0.2) is 4.39 Å². The summed E-state index contributed by atoms with van der Waals surface area (Å²) in [7, 11) is 0. The van der Waals surface area contributed by atoms with Crippen LogP contribution in [0, 0.1) is 5.82 Å². The van der Waals surface area contributed by atoms with Gasteiger partial charge in [0.1, 0.15) is 12.4 Å². The number of hydrogen-bond donors (Lipinski definition) is 0. The summed E-state index contributed by atoms with van der Waals surface area (Å²) in [6, 6.07) is 6.45. The van der Waals surface area contributed by atoms with Crippen LogP contribution in [0.5, 0.6) is 0 Å². The zero-order chi connectivity index (χ0) is 17.8. The van der Waals surface area contributed by atoms with Gasteiger partial charge >= 0.3 is 5.97 Å². The lowest BCUT2D eigenvalue weighted by Crippen LogP contribution is -2.53. The Balaban J connectivity index is 1.88. The Kier molecular flexibility index (Phi) is 5.78. The fourth-order valence-corrected chi connectivity index (χ4v) is 4.90. The van der Waals surface area contributed by atoms with Crippen LogP contribution >= 0.6 is 11.8 Å². The van der Waals surface area contributed by atoms with Crippen molar-refractivity contribution in [3.8, 4) is 0 Å². The number of ether oxygens (including phenoxy) is 1. The first-order chi connectivity index (χ1) is 12.1. The third kappa shape index (κ3) is 4.06. The van der Waals surface area contributed by atoms with Crippen molar-refractivity contribution in [1.82, 2.24) is 4.90 Å². The van der Waals surface area contributed by atoms with E-state index in [4.69, 9.17) is 4.74 Å². The molecule has 2 aliphatic rings. The number of nitrogens with zero attached hydrogens (tertiary/aromatic N) is 1. The summed E-state index contributed by atoms with van der Waals surface area (Å²) < 4.78 is 19.0. The van der Waals surface area contributed by atoms with E-state index in [9.17, 15) is 14.0 Å². The lowest BCUT2D eigenvalue weighted by Gasteiger charge is -2.43. The molecule has 1 aliphatic carbocycles. The van der Waals surface area contributed by atoms with Crippen molar-refractivity contribution in [2.24, 2.45) is 0 Å². The standard InChI is InChI=1S/C19H22FNO3S/c1-2-24-18(22)12-21-15-9-5-6-10-16(15)25-17(19(21)23)11-13-7-3-4-8-14(13)20/h3-4,7-8,11,15-16H,2,5-6,9-10,12H2,1H3/b17-11-. The second-order valence-electron chi connectivity index (χ2n) is 6.28.